The molecule has 1 aromatic heterocycles. The van der Waals surface area contributed by atoms with Crippen LogP contribution in [0.2, 0.25) is 0 Å². The van der Waals surface area contributed by atoms with Crippen molar-refractivity contribution in [3.63, 3.8) is 0 Å². The summed E-state index contributed by atoms with van der Waals surface area (Å²) in [4.78, 5) is 31.3. The van der Waals surface area contributed by atoms with E-state index < -0.39 is 5.69 Å². The van der Waals surface area contributed by atoms with Crippen molar-refractivity contribution in [3.05, 3.63) is 62.2 Å². The maximum Gasteiger partial charge on any atom is 0.353 e. The second-order valence-electron chi connectivity index (χ2n) is 9.41. The maximum atomic E-state index is 12.5. The summed E-state index contributed by atoms with van der Waals surface area (Å²) in [6, 6.07) is 9.47. The second kappa shape index (κ2) is 9.09. The zero-order chi connectivity index (χ0) is 22.1. The minimum absolute atomic E-state index is 0.197. The van der Waals surface area contributed by atoms with Crippen LogP contribution in [0.4, 0.5) is 0 Å². The third-order valence-corrected chi connectivity index (χ3v) is 7.09. The number of aromatic nitrogens is 3. The van der Waals surface area contributed by atoms with E-state index in [-0.39, 0.29) is 11.6 Å². The van der Waals surface area contributed by atoms with Gasteiger partial charge in [-0.05, 0) is 56.6 Å². The number of benzene rings is 1. The van der Waals surface area contributed by atoms with Crippen molar-refractivity contribution in [3.8, 4) is 0 Å². The molecule has 4 rings (SSSR count). The quantitative estimate of drug-likeness (QED) is 0.680. The molecule has 7 nitrogen and oxygen atoms in total. The Hall–Kier alpha value is -2.25. The standard InChI is InChI=1S/C24H34N4O3/c1-16(14-28-23(29)25-18(3)26(4)24(28)30)13-27-20-9-10-21(27)12-22(11-20)31-15-19-8-6-5-7-17(19)2/h5-8,16,20-22H,9-15H2,1-4H3. The van der Waals surface area contributed by atoms with Gasteiger partial charge in [0.25, 0.3) is 0 Å². The van der Waals surface area contributed by atoms with Gasteiger partial charge in [-0.2, -0.15) is 4.98 Å². The average molecular weight is 427 g/mol. The average Bonchev–Trinajstić information content (AvgIpc) is 2.96. The lowest BCUT2D eigenvalue weighted by Gasteiger charge is -2.40. The molecule has 7 heteroatoms. The van der Waals surface area contributed by atoms with Crippen molar-refractivity contribution in [1.82, 2.24) is 19.0 Å². The Morgan fingerprint density at radius 3 is 2.45 bits per heavy atom. The van der Waals surface area contributed by atoms with Gasteiger partial charge < -0.3 is 4.74 Å². The molecule has 0 N–H and O–H groups in total. The van der Waals surface area contributed by atoms with Gasteiger partial charge >= 0.3 is 11.4 Å². The number of ether oxygens (including phenoxy) is 1. The largest absolute Gasteiger partial charge is 0.373 e. The lowest BCUT2D eigenvalue weighted by atomic mass is 9.97. The molecule has 2 fully saturated rings. The van der Waals surface area contributed by atoms with Crippen molar-refractivity contribution in [1.29, 1.82) is 0 Å². The Morgan fingerprint density at radius 1 is 1.10 bits per heavy atom. The fourth-order valence-electron chi connectivity index (χ4n) is 5.20. The zero-order valence-electron chi connectivity index (χ0n) is 19.1. The lowest BCUT2D eigenvalue weighted by Crippen LogP contribution is -2.49. The number of piperidine rings is 1. The van der Waals surface area contributed by atoms with E-state index in [1.807, 2.05) is 0 Å². The summed E-state index contributed by atoms with van der Waals surface area (Å²) >= 11 is 0. The van der Waals surface area contributed by atoms with Gasteiger partial charge in [-0.3, -0.25) is 9.47 Å². The van der Waals surface area contributed by atoms with Crippen LogP contribution in [-0.4, -0.2) is 43.8 Å². The van der Waals surface area contributed by atoms with Crippen LogP contribution >= 0.6 is 0 Å². The van der Waals surface area contributed by atoms with Crippen molar-refractivity contribution in [2.24, 2.45) is 13.0 Å². The first-order valence-corrected chi connectivity index (χ1v) is 11.4. The Morgan fingerprint density at radius 2 is 1.77 bits per heavy atom. The third kappa shape index (κ3) is 4.67. The normalized spacial score (nSPS) is 24.5. The van der Waals surface area contributed by atoms with E-state index >= 15 is 0 Å². The molecule has 0 spiro atoms. The van der Waals surface area contributed by atoms with Crippen LogP contribution < -0.4 is 11.4 Å². The van der Waals surface area contributed by atoms with Crippen LogP contribution in [0.1, 0.15) is 49.6 Å². The van der Waals surface area contributed by atoms with Gasteiger partial charge in [0.05, 0.1) is 12.7 Å². The van der Waals surface area contributed by atoms with Crippen LogP contribution in [0.5, 0.6) is 0 Å². The number of rotatable bonds is 7. The smallest absolute Gasteiger partial charge is 0.353 e. The molecule has 168 valence electrons. The van der Waals surface area contributed by atoms with Crippen LogP contribution in [0.25, 0.3) is 0 Å². The molecule has 0 aliphatic carbocycles. The molecular weight excluding hydrogens is 392 g/mol. The minimum Gasteiger partial charge on any atom is -0.373 e. The monoisotopic (exact) mass is 426 g/mol. The van der Waals surface area contributed by atoms with E-state index in [1.54, 1.807) is 14.0 Å². The Labute approximate surface area is 183 Å². The molecule has 3 unspecified atom stereocenters. The predicted molar refractivity (Wildman–Crippen MR) is 120 cm³/mol. The Balaban J connectivity index is 1.35. The van der Waals surface area contributed by atoms with Gasteiger partial charge in [-0.15, -0.1) is 0 Å². The lowest BCUT2D eigenvalue weighted by molar-refractivity contribution is -0.0320. The van der Waals surface area contributed by atoms with Gasteiger partial charge in [-0.25, -0.2) is 14.2 Å². The molecule has 2 bridgehead atoms. The van der Waals surface area contributed by atoms with Crippen LogP contribution in [0, 0.1) is 19.8 Å². The highest BCUT2D eigenvalue weighted by Crippen LogP contribution is 2.37. The van der Waals surface area contributed by atoms with Crippen LogP contribution in [0.15, 0.2) is 33.9 Å². The zero-order valence-corrected chi connectivity index (χ0v) is 19.1. The van der Waals surface area contributed by atoms with Gasteiger partial charge in [0.15, 0.2) is 0 Å². The third-order valence-electron chi connectivity index (χ3n) is 7.09. The maximum absolute atomic E-state index is 12.5. The first-order valence-electron chi connectivity index (χ1n) is 11.4. The first-order chi connectivity index (χ1) is 14.8. The summed E-state index contributed by atoms with van der Waals surface area (Å²) in [7, 11) is 1.66. The summed E-state index contributed by atoms with van der Waals surface area (Å²) in [6.07, 6.45) is 4.83. The topological polar surface area (TPSA) is 69.4 Å². The molecule has 2 aromatic rings. The summed E-state index contributed by atoms with van der Waals surface area (Å²) in [6.45, 7) is 7.91. The van der Waals surface area contributed by atoms with E-state index in [2.05, 4.69) is 48.0 Å². The summed E-state index contributed by atoms with van der Waals surface area (Å²) in [5.41, 5.74) is 1.82. The van der Waals surface area contributed by atoms with E-state index in [0.29, 0.717) is 37.2 Å². The molecule has 0 amide bonds. The SMILES string of the molecule is Cc1ccccc1COC1CC2CCC(C1)N2CC(C)Cn1c(=O)nc(C)n(C)c1=O. The van der Waals surface area contributed by atoms with Crippen molar-refractivity contribution < 1.29 is 4.74 Å². The number of aryl methyl sites for hydroxylation is 2. The number of nitrogens with zero attached hydrogens (tertiary/aromatic N) is 4. The van der Waals surface area contributed by atoms with Crippen molar-refractivity contribution in [2.45, 2.75) is 77.8 Å². The molecule has 2 aliphatic heterocycles. The molecule has 0 radical (unpaired) electrons. The van der Waals surface area contributed by atoms with Gasteiger partial charge in [0.2, 0.25) is 0 Å². The van der Waals surface area contributed by atoms with Crippen LogP contribution in [-0.2, 0) is 24.9 Å². The highest BCUT2D eigenvalue weighted by molar-refractivity contribution is 5.24. The van der Waals surface area contributed by atoms with Crippen molar-refractivity contribution in [2.75, 3.05) is 6.54 Å². The van der Waals surface area contributed by atoms with Gasteiger partial charge in [0, 0.05) is 32.2 Å². The second-order valence-corrected chi connectivity index (χ2v) is 9.41. The minimum atomic E-state index is -0.446. The van der Waals surface area contributed by atoms with E-state index in [9.17, 15) is 9.59 Å². The van der Waals surface area contributed by atoms with Gasteiger partial charge in [0.1, 0.15) is 5.82 Å². The molecule has 2 saturated heterocycles. The molecule has 1 aromatic carbocycles. The molecule has 0 saturated carbocycles. The first kappa shape index (κ1) is 22.0. The van der Waals surface area contributed by atoms with E-state index in [4.69, 9.17) is 4.74 Å². The summed E-state index contributed by atoms with van der Waals surface area (Å²) < 4.78 is 9.03. The molecule has 3 atom stereocenters. The fraction of sp³-hybridized carbons (Fsp3) is 0.625. The number of hydrogen-bond donors (Lipinski definition) is 0. The van der Waals surface area contributed by atoms with Crippen LogP contribution in [0.3, 0.4) is 0 Å². The Kier molecular flexibility index (Phi) is 6.44. The Bertz CT molecular complexity index is 1030. The fourth-order valence-corrected chi connectivity index (χ4v) is 5.20. The molecule has 2 aliphatic rings. The summed E-state index contributed by atoms with van der Waals surface area (Å²) in [5.74, 6) is 0.646. The van der Waals surface area contributed by atoms with Gasteiger partial charge in [-0.1, -0.05) is 31.2 Å². The molecule has 31 heavy (non-hydrogen) atoms. The molecular formula is C24H34N4O3. The summed E-state index contributed by atoms with van der Waals surface area (Å²) in [5, 5.41) is 0. The highest BCUT2D eigenvalue weighted by Gasteiger charge is 2.41. The number of fused-ring (bicyclic) bond motifs is 2. The molecule has 3 heterocycles. The van der Waals surface area contributed by atoms with E-state index in [0.717, 1.165) is 19.4 Å². The highest BCUT2D eigenvalue weighted by atomic mass is 16.5. The van der Waals surface area contributed by atoms with Crippen molar-refractivity contribution >= 4 is 0 Å². The van der Waals surface area contributed by atoms with E-state index in [1.165, 1.54) is 33.1 Å². The predicted octanol–water partition coefficient (Wildman–Crippen LogP) is 2.41. The number of hydrogen-bond acceptors (Lipinski definition) is 5.